The third-order valence-corrected chi connectivity index (χ3v) is 3.82. The highest BCUT2D eigenvalue weighted by Crippen LogP contribution is 2.27. The Morgan fingerprint density at radius 2 is 1.96 bits per heavy atom. The van der Waals surface area contributed by atoms with Crippen molar-refractivity contribution in [1.82, 2.24) is 10.1 Å². The number of ether oxygens (including phenoxy) is 2. The van der Waals surface area contributed by atoms with Crippen LogP contribution in [0, 0.1) is 13.8 Å². The van der Waals surface area contributed by atoms with Gasteiger partial charge in [0.25, 0.3) is 5.89 Å². The SMILES string of the molecule is CCOc1ccccc1-c1noc(COC(=O)c2ccc(C)cc2C)n1. The molecule has 0 aliphatic carbocycles. The molecule has 0 bridgehead atoms. The molecule has 26 heavy (non-hydrogen) atoms. The molecule has 3 rings (SSSR count). The zero-order valence-corrected chi connectivity index (χ0v) is 15.0. The Balaban J connectivity index is 1.70. The summed E-state index contributed by atoms with van der Waals surface area (Å²) in [6.45, 7) is 6.21. The van der Waals surface area contributed by atoms with Crippen molar-refractivity contribution < 1.29 is 18.8 Å². The summed E-state index contributed by atoms with van der Waals surface area (Å²) >= 11 is 0. The Morgan fingerprint density at radius 3 is 2.73 bits per heavy atom. The van der Waals surface area contributed by atoms with Crippen molar-refractivity contribution in [1.29, 1.82) is 0 Å². The topological polar surface area (TPSA) is 74.5 Å². The third kappa shape index (κ3) is 3.91. The van der Waals surface area contributed by atoms with E-state index in [1.165, 1.54) is 0 Å². The van der Waals surface area contributed by atoms with Crippen molar-refractivity contribution in [3.63, 3.8) is 0 Å². The van der Waals surface area contributed by atoms with E-state index in [2.05, 4.69) is 10.1 Å². The highest BCUT2D eigenvalue weighted by molar-refractivity contribution is 5.91. The molecule has 2 aromatic carbocycles. The molecule has 1 aromatic heterocycles. The van der Waals surface area contributed by atoms with Crippen molar-refractivity contribution in [2.45, 2.75) is 27.4 Å². The van der Waals surface area contributed by atoms with E-state index >= 15 is 0 Å². The Morgan fingerprint density at radius 1 is 1.15 bits per heavy atom. The number of rotatable bonds is 6. The van der Waals surface area contributed by atoms with Crippen molar-refractivity contribution in [2.24, 2.45) is 0 Å². The Labute approximate surface area is 151 Å². The van der Waals surface area contributed by atoms with E-state index in [-0.39, 0.29) is 12.5 Å². The minimum atomic E-state index is -0.419. The summed E-state index contributed by atoms with van der Waals surface area (Å²) in [5.74, 6) is 0.877. The molecule has 134 valence electrons. The van der Waals surface area contributed by atoms with Gasteiger partial charge in [-0.05, 0) is 44.5 Å². The molecular weight excluding hydrogens is 332 g/mol. The summed E-state index contributed by atoms with van der Waals surface area (Å²) in [6.07, 6.45) is 0. The van der Waals surface area contributed by atoms with Crippen LogP contribution >= 0.6 is 0 Å². The van der Waals surface area contributed by atoms with Gasteiger partial charge in [0.15, 0.2) is 6.61 Å². The fourth-order valence-corrected chi connectivity index (χ4v) is 2.60. The molecule has 0 amide bonds. The minimum Gasteiger partial charge on any atom is -0.493 e. The zero-order chi connectivity index (χ0) is 18.5. The predicted octanol–water partition coefficient (Wildman–Crippen LogP) is 4.11. The number of hydrogen-bond acceptors (Lipinski definition) is 6. The first-order valence-electron chi connectivity index (χ1n) is 8.37. The maximum Gasteiger partial charge on any atom is 0.338 e. The fourth-order valence-electron chi connectivity index (χ4n) is 2.60. The summed E-state index contributed by atoms with van der Waals surface area (Å²) in [5.41, 5.74) is 3.21. The molecule has 0 aliphatic rings. The maximum atomic E-state index is 12.2. The van der Waals surface area contributed by atoms with E-state index in [9.17, 15) is 4.79 Å². The van der Waals surface area contributed by atoms with Gasteiger partial charge in [-0.15, -0.1) is 0 Å². The van der Waals surface area contributed by atoms with Crippen molar-refractivity contribution in [3.8, 4) is 17.1 Å². The average Bonchev–Trinajstić information content (AvgIpc) is 3.09. The van der Waals surface area contributed by atoms with E-state index < -0.39 is 5.97 Å². The monoisotopic (exact) mass is 352 g/mol. The number of aryl methyl sites for hydroxylation is 2. The lowest BCUT2D eigenvalue weighted by molar-refractivity contribution is 0.0429. The number of hydrogen-bond donors (Lipinski definition) is 0. The highest BCUT2D eigenvalue weighted by Gasteiger charge is 2.16. The zero-order valence-electron chi connectivity index (χ0n) is 15.0. The third-order valence-electron chi connectivity index (χ3n) is 3.82. The summed E-state index contributed by atoms with van der Waals surface area (Å²) < 4.78 is 16.1. The molecule has 0 N–H and O–H groups in total. The van der Waals surface area contributed by atoms with Gasteiger partial charge in [0, 0.05) is 0 Å². The van der Waals surface area contributed by atoms with E-state index in [0.29, 0.717) is 23.7 Å². The first kappa shape index (κ1) is 17.7. The van der Waals surface area contributed by atoms with Gasteiger partial charge in [-0.25, -0.2) is 4.79 Å². The molecule has 0 aliphatic heterocycles. The Hall–Kier alpha value is -3.15. The van der Waals surface area contributed by atoms with Crippen LogP contribution in [0.5, 0.6) is 5.75 Å². The van der Waals surface area contributed by atoms with Gasteiger partial charge in [-0.3, -0.25) is 0 Å². The number of benzene rings is 2. The molecule has 0 spiro atoms. The van der Waals surface area contributed by atoms with Gasteiger partial charge in [0.05, 0.1) is 17.7 Å². The standard InChI is InChI=1S/C20H20N2O4/c1-4-24-17-8-6-5-7-16(17)19-21-18(26-22-19)12-25-20(23)15-10-9-13(2)11-14(15)3/h5-11H,4,12H2,1-3H3. The quantitative estimate of drug-likeness (QED) is 0.622. The molecule has 0 radical (unpaired) electrons. The number of esters is 1. The molecule has 0 fully saturated rings. The second-order valence-electron chi connectivity index (χ2n) is 5.84. The number of carbonyl (C=O) groups excluding carboxylic acids is 1. The number of carbonyl (C=O) groups is 1. The van der Waals surface area contributed by atoms with Crippen molar-refractivity contribution >= 4 is 5.97 Å². The van der Waals surface area contributed by atoms with Crippen LogP contribution in [-0.4, -0.2) is 22.7 Å². The molecule has 0 unspecified atom stereocenters. The summed E-state index contributed by atoms with van der Waals surface area (Å²) in [6, 6.07) is 13.0. The van der Waals surface area contributed by atoms with Crippen LogP contribution in [-0.2, 0) is 11.3 Å². The average molecular weight is 352 g/mol. The first-order chi connectivity index (χ1) is 12.6. The molecule has 3 aromatic rings. The lowest BCUT2D eigenvalue weighted by Gasteiger charge is -2.06. The van der Waals surface area contributed by atoms with Crippen LogP contribution in [0.4, 0.5) is 0 Å². The van der Waals surface area contributed by atoms with Crippen LogP contribution < -0.4 is 4.74 Å². The van der Waals surface area contributed by atoms with E-state index in [1.54, 1.807) is 6.07 Å². The molecule has 1 heterocycles. The van der Waals surface area contributed by atoms with Gasteiger partial charge in [-0.2, -0.15) is 4.98 Å². The Bertz CT molecular complexity index is 918. The molecule has 0 atom stereocenters. The number of aromatic nitrogens is 2. The van der Waals surface area contributed by atoms with Crippen LogP contribution in [0.1, 0.15) is 34.3 Å². The molecule has 0 saturated carbocycles. The summed E-state index contributed by atoms with van der Waals surface area (Å²) in [5, 5.41) is 3.95. The molecule has 0 saturated heterocycles. The van der Waals surface area contributed by atoms with Gasteiger partial charge < -0.3 is 14.0 Å². The molecular formula is C20H20N2O4. The predicted molar refractivity (Wildman–Crippen MR) is 95.9 cm³/mol. The maximum absolute atomic E-state index is 12.2. The van der Waals surface area contributed by atoms with E-state index in [0.717, 1.165) is 16.7 Å². The van der Waals surface area contributed by atoms with Gasteiger partial charge in [0.1, 0.15) is 5.75 Å². The van der Waals surface area contributed by atoms with Crippen molar-refractivity contribution in [2.75, 3.05) is 6.61 Å². The summed E-state index contributed by atoms with van der Waals surface area (Å²) in [7, 11) is 0. The number of nitrogens with zero attached hydrogens (tertiary/aromatic N) is 2. The van der Waals surface area contributed by atoms with Crippen LogP contribution in [0.25, 0.3) is 11.4 Å². The molecule has 6 heteroatoms. The highest BCUT2D eigenvalue weighted by atomic mass is 16.6. The number of para-hydroxylation sites is 1. The van der Waals surface area contributed by atoms with Crippen LogP contribution in [0.2, 0.25) is 0 Å². The fraction of sp³-hybridized carbons (Fsp3) is 0.250. The normalized spacial score (nSPS) is 10.6. The van der Waals surface area contributed by atoms with Gasteiger partial charge in [0.2, 0.25) is 5.82 Å². The summed E-state index contributed by atoms with van der Waals surface area (Å²) in [4.78, 5) is 16.5. The van der Waals surface area contributed by atoms with Gasteiger partial charge in [-0.1, -0.05) is 35.0 Å². The van der Waals surface area contributed by atoms with Crippen LogP contribution in [0.3, 0.4) is 0 Å². The van der Waals surface area contributed by atoms with E-state index in [4.69, 9.17) is 14.0 Å². The van der Waals surface area contributed by atoms with E-state index in [1.807, 2.05) is 57.2 Å². The second kappa shape index (κ2) is 7.82. The Kier molecular flexibility index (Phi) is 5.31. The lowest BCUT2D eigenvalue weighted by Crippen LogP contribution is -2.07. The largest absolute Gasteiger partial charge is 0.493 e. The van der Waals surface area contributed by atoms with Crippen LogP contribution in [0.15, 0.2) is 47.0 Å². The smallest absolute Gasteiger partial charge is 0.338 e. The first-order valence-corrected chi connectivity index (χ1v) is 8.37. The minimum absolute atomic E-state index is 0.0873. The van der Waals surface area contributed by atoms with Gasteiger partial charge >= 0.3 is 5.97 Å². The lowest BCUT2D eigenvalue weighted by atomic mass is 10.1. The molecule has 6 nitrogen and oxygen atoms in total. The van der Waals surface area contributed by atoms with Crippen molar-refractivity contribution in [3.05, 3.63) is 65.0 Å². The second-order valence-corrected chi connectivity index (χ2v) is 5.84.